The van der Waals surface area contributed by atoms with Crippen LogP contribution in [0, 0.1) is 5.82 Å². The molecule has 15 heteroatoms. The van der Waals surface area contributed by atoms with E-state index in [0.717, 1.165) is 4.90 Å². The van der Waals surface area contributed by atoms with Crippen LogP contribution >= 0.6 is 40.0 Å². The standard InChI is InChI=1S/C23H28FN3O7P2S2/c24-19-12-16(3-6-20(19)26-7-9-33-10-8-26)27-14-17(34-23(27)28)13-25-22(37)38-18-4-1-15(2-5-18)11-21(35(29)30)36(31)32/h1-6,12,17,21,35-36H,7-11,13-14H2,(H,25,37)(H,29,30)(H,31,32)/t17-/m0/s1. The largest absolute Gasteiger partial charge is 0.442 e. The fourth-order valence-corrected chi connectivity index (χ4v) is 6.79. The average molecular weight is 604 g/mol. The Bertz CT molecular complexity index is 1200. The second kappa shape index (κ2) is 13.4. The molecule has 2 aliphatic heterocycles. The lowest BCUT2D eigenvalue weighted by molar-refractivity contribution is 0.122. The minimum atomic E-state index is -3.12. The fourth-order valence-electron chi connectivity index (χ4n) is 4.11. The molecule has 0 aliphatic carbocycles. The summed E-state index contributed by atoms with van der Waals surface area (Å²) >= 11 is 6.66. The highest BCUT2D eigenvalue weighted by molar-refractivity contribution is 8.23. The third kappa shape index (κ3) is 7.57. The van der Waals surface area contributed by atoms with Gasteiger partial charge in [-0.25, -0.2) is 9.18 Å². The van der Waals surface area contributed by atoms with Gasteiger partial charge in [0, 0.05) is 18.0 Å². The molecule has 206 valence electrons. The summed E-state index contributed by atoms with van der Waals surface area (Å²) in [5.41, 5.74) is 1.57. The molecule has 2 aromatic rings. The number of halogens is 1. The first-order chi connectivity index (χ1) is 18.2. The van der Waals surface area contributed by atoms with Gasteiger partial charge in [-0.2, -0.15) is 0 Å². The minimum Gasteiger partial charge on any atom is -0.442 e. The molecule has 2 unspecified atom stereocenters. The Morgan fingerprint density at radius 1 is 1.16 bits per heavy atom. The number of hydrogen-bond acceptors (Lipinski definition) is 8. The van der Waals surface area contributed by atoms with Gasteiger partial charge in [0.2, 0.25) is 16.1 Å². The topological polar surface area (TPSA) is 129 Å². The zero-order valence-corrected chi connectivity index (χ0v) is 23.8. The van der Waals surface area contributed by atoms with E-state index in [1.165, 1.54) is 22.7 Å². The number of nitrogens with zero attached hydrogens (tertiary/aromatic N) is 2. The maximum absolute atomic E-state index is 14.8. The van der Waals surface area contributed by atoms with Gasteiger partial charge in [0.15, 0.2) is 0 Å². The van der Waals surface area contributed by atoms with Crippen LogP contribution in [-0.4, -0.2) is 71.1 Å². The fraction of sp³-hybridized carbons (Fsp3) is 0.391. The lowest BCUT2D eigenvalue weighted by atomic mass is 10.2. The van der Waals surface area contributed by atoms with Crippen molar-refractivity contribution >= 4 is 61.8 Å². The third-order valence-corrected chi connectivity index (χ3v) is 10.4. The summed E-state index contributed by atoms with van der Waals surface area (Å²) in [7, 11) is -6.23. The highest BCUT2D eigenvalue weighted by Crippen LogP contribution is 2.41. The molecule has 3 atom stereocenters. The first-order valence-electron chi connectivity index (χ1n) is 11.8. The summed E-state index contributed by atoms with van der Waals surface area (Å²) < 4.78 is 48.6. The van der Waals surface area contributed by atoms with Gasteiger partial charge >= 0.3 is 6.09 Å². The number of ether oxygens (including phenoxy) is 2. The highest BCUT2D eigenvalue weighted by Gasteiger charge is 2.33. The van der Waals surface area contributed by atoms with E-state index < -0.39 is 39.5 Å². The van der Waals surface area contributed by atoms with Crippen molar-refractivity contribution in [3.63, 3.8) is 0 Å². The number of benzene rings is 2. The van der Waals surface area contributed by atoms with Gasteiger partial charge in [-0.05, 0) is 42.3 Å². The summed E-state index contributed by atoms with van der Waals surface area (Å²) in [5, 5.41) is 1.92. The van der Waals surface area contributed by atoms with Crippen LogP contribution in [-0.2, 0) is 25.0 Å². The lowest BCUT2D eigenvalue weighted by Crippen LogP contribution is -2.36. The van der Waals surface area contributed by atoms with Crippen LogP contribution < -0.4 is 15.1 Å². The molecular formula is C23H28FN3O7P2S2. The molecule has 0 spiro atoms. The Kier molecular flexibility index (Phi) is 10.2. The quantitative estimate of drug-likeness (QED) is 0.222. The first kappa shape index (κ1) is 29.0. The zero-order chi connectivity index (χ0) is 27.2. The molecule has 0 radical (unpaired) electrons. The monoisotopic (exact) mass is 603 g/mol. The molecule has 1 amide bonds. The number of anilines is 2. The van der Waals surface area contributed by atoms with Crippen LogP contribution in [0.15, 0.2) is 47.4 Å². The zero-order valence-electron chi connectivity index (χ0n) is 20.2. The SMILES string of the molecule is O=C1O[C@@H](CNC(=S)Sc2ccc(CC([PH](=O)O)[PH](=O)O)cc2)CN1c1ccc(N2CCOCC2)c(F)c1. The van der Waals surface area contributed by atoms with E-state index >= 15 is 0 Å². The molecule has 2 heterocycles. The molecule has 3 N–H and O–H groups in total. The summed E-state index contributed by atoms with van der Waals surface area (Å²) in [5.74, 6) is -0.408. The van der Waals surface area contributed by atoms with Crippen LogP contribution in [0.2, 0.25) is 0 Å². The molecule has 4 rings (SSSR count). The van der Waals surface area contributed by atoms with E-state index in [0.29, 0.717) is 47.6 Å². The van der Waals surface area contributed by atoms with Gasteiger partial charge in [0.1, 0.15) is 21.6 Å². The molecule has 2 fully saturated rings. The van der Waals surface area contributed by atoms with E-state index in [2.05, 4.69) is 5.32 Å². The van der Waals surface area contributed by atoms with Crippen molar-refractivity contribution < 1.29 is 37.6 Å². The molecule has 0 bridgehead atoms. The maximum Gasteiger partial charge on any atom is 0.414 e. The number of cyclic esters (lactones) is 1. The van der Waals surface area contributed by atoms with E-state index in [1.807, 2.05) is 4.90 Å². The van der Waals surface area contributed by atoms with Gasteiger partial charge < -0.3 is 29.5 Å². The normalized spacial score (nSPS) is 20.1. The first-order valence-corrected chi connectivity index (χ1v) is 15.9. The Morgan fingerprint density at radius 3 is 2.47 bits per heavy atom. The molecule has 0 saturated carbocycles. The minimum absolute atomic E-state index is 0.0413. The number of hydrogen-bond donors (Lipinski definition) is 3. The number of carbonyl (C=O) groups excluding carboxylic acids is 1. The molecule has 2 aliphatic rings. The Labute approximate surface area is 230 Å². The van der Waals surface area contributed by atoms with Crippen molar-refractivity contribution in [1.82, 2.24) is 5.32 Å². The van der Waals surface area contributed by atoms with E-state index in [1.54, 1.807) is 36.4 Å². The van der Waals surface area contributed by atoms with Gasteiger partial charge in [-0.3, -0.25) is 14.0 Å². The van der Waals surface area contributed by atoms with Crippen molar-refractivity contribution in [2.45, 2.75) is 22.8 Å². The number of carbonyl (C=O) groups is 1. The van der Waals surface area contributed by atoms with Crippen LogP contribution in [0.4, 0.5) is 20.6 Å². The van der Waals surface area contributed by atoms with Crippen molar-refractivity contribution in [2.24, 2.45) is 0 Å². The number of amides is 1. The molecule has 38 heavy (non-hydrogen) atoms. The van der Waals surface area contributed by atoms with E-state index in [-0.39, 0.29) is 19.5 Å². The van der Waals surface area contributed by atoms with Gasteiger partial charge in [0.05, 0.1) is 37.7 Å². The second-order valence-electron chi connectivity index (χ2n) is 8.70. The van der Waals surface area contributed by atoms with E-state index in [9.17, 15) is 28.1 Å². The number of thioether (sulfide) groups is 1. The third-order valence-electron chi connectivity index (χ3n) is 6.11. The van der Waals surface area contributed by atoms with Gasteiger partial charge in [-0.1, -0.05) is 36.1 Å². The smallest absolute Gasteiger partial charge is 0.414 e. The summed E-state index contributed by atoms with van der Waals surface area (Å²) in [4.78, 5) is 35.1. The molecule has 2 saturated heterocycles. The Balaban J connectivity index is 1.26. The second-order valence-corrected chi connectivity index (χ2v) is 13.8. The number of rotatable bonds is 9. The summed E-state index contributed by atoms with van der Waals surface area (Å²) in [6.07, 6.45) is -0.997. The van der Waals surface area contributed by atoms with E-state index in [4.69, 9.17) is 21.7 Å². The Morgan fingerprint density at radius 2 is 1.84 bits per heavy atom. The van der Waals surface area contributed by atoms with Crippen LogP contribution in [0.3, 0.4) is 0 Å². The highest BCUT2D eigenvalue weighted by atomic mass is 32.2. The van der Waals surface area contributed by atoms with Crippen molar-refractivity contribution in [3.05, 3.63) is 53.8 Å². The number of nitrogens with one attached hydrogen (secondary N) is 1. The molecule has 10 nitrogen and oxygen atoms in total. The lowest BCUT2D eigenvalue weighted by Gasteiger charge is -2.29. The molecular weight excluding hydrogens is 575 g/mol. The summed E-state index contributed by atoms with van der Waals surface area (Å²) in [6.45, 7) is 2.83. The van der Waals surface area contributed by atoms with Gasteiger partial charge in [-0.15, -0.1) is 0 Å². The van der Waals surface area contributed by atoms with Crippen LogP contribution in [0.1, 0.15) is 5.56 Å². The van der Waals surface area contributed by atoms with Crippen molar-refractivity contribution in [1.29, 1.82) is 0 Å². The maximum atomic E-state index is 14.8. The molecule has 0 aromatic heterocycles. The average Bonchev–Trinajstić information content (AvgIpc) is 3.27. The summed E-state index contributed by atoms with van der Waals surface area (Å²) in [6, 6.07) is 11.7. The van der Waals surface area contributed by atoms with Crippen LogP contribution in [0.5, 0.6) is 0 Å². The predicted molar refractivity (Wildman–Crippen MR) is 150 cm³/mol. The molecule has 2 aromatic carbocycles. The number of thiocarbonyl (C=S) groups is 1. The van der Waals surface area contributed by atoms with Gasteiger partial charge in [0.25, 0.3) is 0 Å². The number of morpholine rings is 1. The van der Waals surface area contributed by atoms with Crippen molar-refractivity contribution in [3.8, 4) is 0 Å². The van der Waals surface area contributed by atoms with Crippen LogP contribution in [0.25, 0.3) is 0 Å². The predicted octanol–water partition coefficient (Wildman–Crippen LogP) is 3.46. The van der Waals surface area contributed by atoms with Crippen molar-refractivity contribution in [2.75, 3.05) is 49.2 Å². The Hall–Kier alpha value is -1.98.